The lowest BCUT2D eigenvalue weighted by Crippen LogP contribution is -2.24. The molecule has 1 unspecified atom stereocenters. The lowest BCUT2D eigenvalue weighted by molar-refractivity contribution is -0.121. The van der Waals surface area contributed by atoms with Gasteiger partial charge in [0.15, 0.2) is 5.65 Å². The molecule has 3 aromatic rings. The second kappa shape index (κ2) is 8.08. The van der Waals surface area contributed by atoms with Crippen LogP contribution in [0.25, 0.3) is 16.8 Å². The second-order valence-corrected chi connectivity index (χ2v) is 7.04. The van der Waals surface area contributed by atoms with Crippen LogP contribution in [0.4, 0.5) is 5.82 Å². The van der Waals surface area contributed by atoms with Crippen LogP contribution in [-0.2, 0) is 14.3 Å². The zero-order valence-electron chi connectivity index (χ0n) is 16.1. The Kier molecular flexibility index (Phi) is 5.36. The first-order chi connectivity index (χ1) is 13.6. The number of hydrogen-bond donors (Lipinski definition) is 1. The summed E-state index contributed by atoms with van der Waals surface area (Å²) in [5.41, 5.74) is 4.18. The number of benzene rings is 1. The minimum absolute atomic E-state index is 0.0306. The summed E-state index contributed by atoms with van der Waals surface area (Å²) in [6, 6.07) is 11.8. The summed E-state index contributed by atoms with van der Waals surface area (Å²) in [5.74, 6) is 0.378. The fourth-order valence-electron chi connectivity index (χ4n) is 3.53. The number of carbonyl (C=O) groups excluding carboxylic acids is 1. The van der Waals surface area contributed by atoms with Crippen molar-refractivity contribution in [1.82, 2.24) is 14.6 Å². The van der Waals surface area contributed by atoms with Crippen LogP contribution >= 0.6 is 0 Å². The first-order valence-corrected chi connectivity index (χ1v) is 9.53. The van der Waals surface area contributed by atoms with E-state index in [1.165, 1.54) is 0 Å². The summed E-state index contributed by atoms with van der Waals surface area (Å²) in [7, 11) is 0. The molecule has 0 bridgehead atoms. The number of nitrogens with zero attached hydrogens (tertiary/aromatic N) is 3. The molecule has 28 heavy (non-hydrogen) atoms. The van der Waals surface area contributed by atoms with Gasteiger partial charge in [-0.1, -0.05) is 30.3 Å². The third kappa shape index (κ3) is 3.90. The molecule has 1 aromatic carbocycles. The maximum absolute atomic E-state index is 12.6. The number of anilines is 1. The Labute approximate surface area is 163 Å². The van der Waals surface area contributed by atoms with Crippen LogP contribution in [0.15, 0.2) is 36.4 Å². The first kappa shape index (κ1) is 18.6. The number of fused-ring (bicyclic) bond motifs is 1. The number of ether oxygens (including phenoxy) is 2. The van der Waals surface area contributed by atoms with E-state index in [-0.39, 0.29) is 18.6 Å². The normalized spacial score (nSPS) is 16.6. The van der Waals surface area contributed by atoms with E-state index < -0.39 is 0 Å². The molecule has 4 rings (SSSR count). The standard InChI is InChI=1S/C21H24N4O3/c1-14-11-18-22-15(2)20(16-7-4-3-5-8-16)21(25(18)24-14)23-19(26)13-27-12-17-9-6-10-28-17/h3-5,7-8,11,17H,6,9-10,12-13H2,1-2H3,(H,23,26). The van der Waals surface area contributed by atoms with Crippen molar-refractivity contribution in [2.45, 2.75) is 32.8 Å². The Morgan fingerprint density at radius 3 is 2.89 bits per heavy atom. The topological polar surface area (TPSA) is 77.8 Å². The van der Waals surface area contributed by atoms with Gasteiger partial charge in [0.2, 0.25) is 0 Å². The van der Waals surface area contributed by atoms with Crippen molar-refractivity contribution in [3.8, 4) is 11.1 Å². The van der Waals surface area contributed by atoms with Gasteiger partial charge in [-0.05, 0) is 32.3 Å². The molecular formula is C21H24N4O3. The molecule has 7 heteroatoms. The predicted octanol–water partition coefficient (Wildman–Crippen LogP) is 3.15. The Hall–Kier alpha value is -2.77. The number of amides is 1. The molecule has 1 atom stereocenters. The van der Waals surface area contributed by atoms with Crippen LogP contribution in [0, 0.1) is 13.8 Å². The van der Waals surface area contributed by atoms with E-state index in [2.05, 4.69) is 15.4 Å². The lowest BCUT2D eigenvalue weighted by atomic mass is 10.0. The van der Waals surface area contributed by atoms with E-state index in [9.17, 15) is 4.79 Å². The third-order valence-corrected chi connectivity index (χ3v) is 4.79. The Bertz CT molecular complexity index is 978. The van der Waals surface area contributed by atoms with Crippen molar-refractivity contribution in [3.63, 3.8) is 0 Å². The van der Waals surface area contributed by atoms with Crippen molar-refractivity contribution >= 4 is 17.4 Å². The third-order valence-electron chi connectivity index (χ3n) is 4.79. The Morgan fingerprint density at radius 1 is 1.32 bits per heavy atom. The zero-order chi connectivity index (χ0) is 19.5. The smallest absolute Gasteiger partial charge is 0.251 e. The number of aryl methyl sites for hydroxylation is 2. The molecule has 146 valence electrons. The summed E-state index contributed by atoms with van der Waals surface area (Å²) >= 11 is 0. The summed E-state index contributed by atoms with van der Waals surface area (Å²) in [6.07, 6.45) is 2.13. The molecule has 0 aliphatic carbocycles. The van der Waals surface area contributed by atoms with Gasteiger partial charge >= 0.3 is 0 Å². The maximum Gasteiger partial charge on any atom is 0.251 e. The SMILES string of the molecule is Cc1cc2nc(C)c(-c3ccccc3)c(NC(=O)COCC3CCCO3)n2n1. The largest absolute Gasteiger partial charge is 0.376 e. The highest BCUT2D eigenvalue weighted by Crippen LogP contribution is 2.31. The van der Waals surface area contributed by atoms with E-state index in [0.717, 1.165) is 42.0 Å². The van der Waals surface area contributed by atoms with Gasteiger partial charge < -0.3 is 14.8 Å². The van der Waals surface area contributed by atoms with Gasteiger partial charge in [0.25, 0.3) is 5.91 Å². The summed E-state index contributed by atoms with van der Waals surface area (Å²) in [6.45, 7) is 5.02. The van der Waals surface area contributed by atoms with Gasteiger partial charge in [-0.2, -0.15) is 9.61 Å². The second-order valence-electron chi connectivity index (χ2n) is 7.04. The average molecular weight is 380 g/mol. The van der Waals surface area contributed by atoms with Crippen molar-refractivity contribution in [1.29, 1.82) is 0 Å². The molecule has 3 heterocycles. The monoisotopic (exact) mass is 380 g/mol. The highest BCUT2D eigenvalue weighted by Gasteiger charge is 2.19. The Morgan fingerprint density at radius 2 is 2.14 bits per heavy atom. The van der Waals surface area contributed by atoms with Gasteiger partial charge in [-0.25, -0.2) is 4.98 Å². The molecule has 1 fully saturated rings. The minimum Gasteiger partial charge on any atom is -0.376 e. The highest BCUT2D eigenvalue weighted by atomic mass is 16.5. The van der Waals surface area contributed by atoms with Gasteiger partial charge in [-0.3, -0.25) is 4.79 Å². The molecule has 7 nitrogen and oxygen atoms in total. The van der Waals surface area contributed by atoms with Crippen molar-refractivity contribution in [2.75, 3.05) is 25.1 Å². The molecule has 1 aliphatic heterocycles. The minimum atomic E-state index is -0.227. The van der Waals surface area contributed by atoms with Crippen LogP contribution in [0.3, 0.4) is 0 Å². The van der Waals surface area contributed by atoms with Gasteiger partial charge in [0, 0.05) is 18.2 Å². The summed E-state index contributed by atoms with van der Waals surface area (Å²) in [5, 5.41) is 7.50. The predicted molar refractivity (Wildman–Crippen MR) is 106 cm³/mol. The molecule has 1 amide bonds. The van der Waals surface area contributed by atoms with Crippen LogP contribution in [0.1, 0.15) is 24.2 Å². The fourth-order valence-corrected chi connectivity index (χ4v) is 3.53. The number of carbonyl (C=O) groups is 1. The van der Waals surface area contributed by atoms with E-state index in [4.69, 9.17) is 9.47 Å². The molecule has 1 saturated heterocycles. The van der Waals surface area contributed by atoms with E-state index in [0.29, 0.717) is 18.1 Å². The Balaban J connectivity index is 1.61. The quantitative estimate of drug-likeness (QED) is 0.711. The molecule has 0 saturated carbocycles. The molecule has 2 aromatic heterocycles. The van der Waals surface area contributed by atoms with Crippen LogP contribution in [-0.4, -0.2) is 46.4 Å². The van der Waals surface area contributed by atoms with E-state index >= 15 is 0 Å². The van der Waals surface area contributed by atoms with Crippen LogP contribution in [0.2, 0.25) is 0 Å². The van der Waals surface area contributed by atoms with Gasteiger partial charge in [-0.15, -0.1) is 0 Å². The zero-order valence-corrected chi connectivity index (χ0v) is 16.1. The van der Waals surface area contributed by atoms with E-state index in [1.807, 2.05) is 50.2 Å². The first-order valence-electron chi connectivity index (χ1n) is 9.53. The number of aromatic nitrogens is 3. The van der Waals surface area contributed by atoms with Gasteiger partial charge in [0.05, 0.1) is 24.1 Å². The van der Waals surface area contributed by atoms with E-state index in [1.54, 1.807) is 4.52 Å². The molecule has 0 spiro atoms. The number of rotatable bonds is 6. The summed E-state index contributed by atoms with van der Waals surface area (Å²) < 4.78 is 12.8. The fraction of sp³-hybridized carbons (Fsp3) is 0.381. The number of hydrogen-bond acceptors (Lipinski definition) is 5. The molecule has 0 radical (unpaired) electrons. The van der Waals surface area contributed by atoms with Gasteiger partial charge in [0.1, 0.15) is 12.4 Å². The maximum atomic E-state index is 12.6. The summed E-state index contributed by atoms with van der Waals surface area (Å²) in [4.78, 5) is 17.2. The molecular weight excluding hydrogens is 356 g/mol. The average Bonchev–Trinajstić information content (AvgIpc) is 3.31. The van der Waals surface area contributed by atoms with Crippen LogP contribution in [0.5, 0.6) is 0 Å². The van der Waals surface area contributed by atoms with Crippen molar-refractivity contribution in [2.24, 2.45) is 0 Å². The highest BCUT2D eigenvalue weighted by molar-refractivity contribution is 5.96. The lowest BCUT2D eigenvalue weighted by Gasteiger charge is -2.16. The molecule has 1 N–H and O–H groups in total. The van der Waals surface area contributed by atoms with Crippen molar-refractivity contribution in [3.05, 3.63) is 47.8 Å². The van der Waals surface area contributed by atoms with Crippen LogP contribution < -0.4 is 5.32 Å². The number of nitrogens with one attached hydrogen (secondary N) is 1. The molecule has 1 aliphatic rings. The van der Waals surface area contributed by atoms with Crippen molar-refractivity contribution < 1.29 is 14.3 Å².